The number of anilines is 1. The van der Waals surface area contributed by atoms with Gasteiger partial charge in [-0.05, 0) is 41.5 Å². The molecule has 1 aliphatic rings. The van der Waals surface area contributed by atoms with Crippen LogP contribution in [-0.4, -0.2) is 16.1 Å². The van der Waals surface area contributed by atoms with Gasteiger partial charge in [-0.1, -0.05) is 60.7 Å². The fourth-order valence-electron chi connectivity index (χ4n) is 3.46. The van der Waals surface area contributed by atoms with Gasteiger partial charge in [0.05, 0.1) is 11.2 Å². The average molecular weight is 363 g/mol. The molecule has 1 aromatic heterocycles. The first kappa shape index (κ1) is 16.3. The zero-order valence-corrected chi connectivity index (χ0v) is 15.0. The van der Waals surface area contributed by atoms with Gasteiger partial charge in [0, 0.05) is 22.2 Å². The number of hydrogen-bond acceptors (Lipinski definition) is 2. The summed E-state index contributed by atoms with van der Waals surface area (Å²) in [5.41, 5.74) is 6.38. The van der Waals surface area contributed by atoms with Crippen molar-refractivity contribution in [2.24, 2.45) is 0 Å². The minimum Gasteiger partial charge on any atom is -0.321 e. The van der Waals surface area contributed by atoms with Crippen molar-refractivity contribution in [1.82, 2.24) is 10.2 Å². The smallest absolute Gasteiger partial charge is 0.256 e. The van der Waals surface area contributed by atoms with Gasteiger partial charge in [0.2, 0.25) is 0 Å². The summed E-state index contributed by atoms with van der Waals surface area (Å²) in [4.78, 5) is 12.3. The molecular weight excluding hydrogens is 346 g/mol. The van der Waals surface area contributed by atoms with E-state index in [9.17, 15) is 4.79 Å². The summed E-state index contributed by atoms with van der Waals surface area (Å²) in [5, 5.41) is 11.5. The summed E-state index contributed by atoms with van der Waals surface area (Å²) in [6, 6.07) is 23.9. The van der Waals surface area contributed by atoms with E-state index in [4.69, 9.17) is 0 Å². The second kappa shape index (κ2) is 6.67. The molecule has 0 aliphatic carbocycles. The van der Waals surface area contributed by atoms with Crippen molar-refractivity contribution in [2.75, 3.05) is 5.32 Å². The van der Waals surface area contributed by atoms with Crippen LogP contribution >= 0.6 is 0 Å². The fraction of sp³-hybridized carbons (Fsp3) is 0. The monoisotopic (exact) mass is 363 g/mol. The second-order valence-electron chi connectivity index (χ2n) is 6.72. The van der Waals surface area contributed by atoms with Gasteiger partial charge in [-0.2, -0.15) is 5.10 Å². The molecule has 5 rings (SSSR count). The summed E-state index contributed by atoms with van der Waals surface area (Å²) in [7, 11) is 0. The third-order valence-corrected chi connectivity index (χ3v) is 4.87. The van der Waals surface area contributed by atoms with Crippen LogP contribution in [0.25, 0.3) is 34.7 Å². The minimum atomic E-state index is -0.0719. The number of aromatic nitrogens is 2. The Morgan fingerprint density at radius 1 is 0.821 bits per heavy atom. The van der Waals surface area contributed by atoms with Gasteiger partial charge in [0.15, 0.2) is 0 Å². The van der Waals surface area contributed by atoms with E-state index in [1.807, 2.05) is 78.9 Å². The van der Waals surface area contributed by atoms with Crippen molar-refractivity contribution in [2.45, 2.75) is 0 Å². The topological polar surface area (TPSA) is 57.8 Å². The molecule has 0 saturated carbocycles. The molecule has 0 bridgehead atoms. The molecule has 0 fully saturated rings. The Kier molecular flexibility index (Phi) is 3.87. The Morgan fingerprint density at radius 2 is 1.64 bits per heavy atom. The number of rotatable bonds is 3. The molecule has 4 heteroatoms. The van der Waals surface area contributed by atoms with Crippen LogP contribution in [0.1, 0.15) is 22.4 Å². The molecule has 0 atom stereocenters. The summed E-state index contributed by atoms with van der Waals surface area (Å²) < 4.78 is 0. The highest BCUT2D eigenvalue weighted by atomic mass is 16.2. The van der Waals surface area contributed by atoms with E-state index in [1.54, 1.807) is 0 Å². The van der Waals surface area contributed by atoms with Gasteiger partial charge in [-0.25, -0.2) is 0 Å². The second-order valence-corrected chi connectivity index (χ2v) is 6.72. The van der Waals surface area contributed by atoms with E-state index in [0.29, 0.717) is 5.57 Å². The lowest BCUT2D eigenvalue weighted by Crippen LogP contribution is -2.03. The first-order valence-electron chi connectivity index (χ1n) is 9.12. The van der Waals surface area contributed by atoms with Crippen LogP contribution in [0, 0.1) is 0 Å². The van der Waals surface area contributed by atoms with Crippen molar-refractivity contribution in [3.8, 4) is 0 Å². The number of nitrogens with one attached hydrogen (secondary N) is 2. The van der Waals surface area contributed by atoms with Crippen molar-refractivity contribution in [3.63, 3.8) is 0 Å². The molecule has 0 saturated heterocycles. The minimum absolute atomic E-state index is 0.0719. The van der Waals surface area contributed by atoms with Gasteiger partial charge in [-0.15, -0.1) is 0 Å². The molecule has 4 nitrogen and oxygen atoms in total. The highest BCUT2D eigenvalue weighted by molar-refractivity contribution is 6.34. The van der Waals surface area contributed by atoms with Gasteiger partial charge in [-0.3, -0.25) is 9.89 Å². The van der Waals surface area contributed by atoms with Gasteiger partial charge >= 0.3 is 0 Å². The van der Waals surface area contributed by atoms with Crippen molar-refractivity contribution in [3.05, 3.63) is 95.2 Å². The van der Waals surface area contributed by atoms with Crippen molar-refractivity contribution in [1.29, 1.82) is 0 Å². The average Bonchev–Trinajstić information content (AvgIpc) is 3.28. The van der Waals surface area contributed by atoms with Crippen LogP contribution in [0.2, 0.25) is 0 Å². The van der Waals surface area contributed by atoms with Crippen molar-refractivity contribution >= 4 is 46.3 Å². The molecular formula is C24H17N3O. The Hall–Kier alpha value is -3.92. The predicted molar refractivity (Wildman–Crippen MR) is 114 cm³/mol. The first-order chi connectivity index (χ1) is 13.8. The number of aromatic amines is 1. The molecule has 0 unspecified atom stereocenters. The number of H-pyrrole nitrogens is 1. The van der Waals surface area contributed by atoms with E-state index in [-0.39, 0.29) is 5.91 Å². The van der Waals surface area contributed by atoms with E-state index in [0.717, 1.165) is 39.0 Å². The van der Waals surface area contributed by atoms with Gasteiger partial charge < -0.3 is 5.32 Å². The molecule has 28 heavy (non-hydrogen) atoms. The first-order valence-corrected chi connectivity index (χ1v) is 9.12. The molecule has 0 spiro atoms. The maximum Gasteiger partial charge on any atom is 0.256 e. The third-order valence-electron chi connectivity index (χ3n) is 4.87. The number of amides is 1. The number of para-hydroxylation sites is 1. The lowest BCUT2D eigenvalue weighted by Gasteiger charge is -1.99. The van der Waals surface area contributed by atoms with E-state index >= 15 is 0 Å². The Labute approximate surface area is 162 Å². The third kappa shape index (κ3) is 2.91. The molecule has 3 aromatic carbocycles. The number of fused-ring (bicyclic) bond motifs is 2. The molecule has 2 heterocycles. The standard InChI is InChI=1S/C24H17N3O/c28-24-20(18-8-4-5-9-21(18)25-24)14-17-10-12-19-22(26-27-23(19)15-17)13-11-16-6-2-1-3-7-16/h1-15H,(H,25,28)(H,26,27)/b13-11+,20-14+. The molecule has 0 radical (unpaired) electrons. The maximum absolute atomic E-state index is 12.3. The highest BCUT2D eigenvalue weighted by Crippen LogP contribution is 2.33. The largest absolute Gasteiger partial charge is 0.321 e. The molecule has 1 aliphatic heterocycles. The lowest BCUT2D eigenvalue weighted by molar-refractivity contribution is -0.110. The van der Waals surface area contributed by atoms with Crippen LogP contribution in [0.4, 0.5) is 5.69 Å². The number of benzene rings is 3. The van der Waals surface area contributed by atoms with E-state index in [2.05, 4.69) is 27.6 Å². The van der Waals surface area contributed by atoms with Crippen LogP contribution in [0.15, 0.2) is 72.8 Å². The normalized spacial score (nSPS) is 14.7. The Bertz CT molecular complexity index is 1250. The Morgan fingerprint density at radius 3 is 2.54 bits per heavy atom. The predicted octanol–water partition coefficient (Wildman–Crippen LogP) is 5.23. The number of nitrogens with zero attached hydrogens (tertiary/aromatic N) is 1. The number of carbonyl (C=O) groups is 1. The maximum atomic E-state index is 12.3. The van der Waals surface area contributed by atoms with Gasteiger partial charge in [0.1, 0.15) is 0 Å². The summed E-state index contributed by atoms with van der Waals surface area (Å²) in [6.07, 6.45) is 5.97. The zero-order valence-electron chi connectivity index (χ0n) is 15.0. The van der Waals surface area contributed by atoms with Crippen LogP contribution in [-0.2, 0) is 4.79 Å². The van der Waals surface area contributed by atoms with Gasteiger partial charge in [0.25, 0.3) is 5.91 Å². The van der Waals surface area contributed by atoms with Crippen LogP contribution in [0.5, 0.6) is 0 Å². The fourth-order valence-corrected chi connectivity index (χ4v) is 3.46. The molecule has 2 N–H and O–H groups in total. The summed E-state index contributed by atoms with van der Waals surface area (Å²) in [6.45, 7) is 0. The molecule has 4 aromatic rings. The van der Waals surface area contributed by atoms with E-state index < -0.39 is 0 Å². The van der Waals surface area contributed by atoms with Crippen LogP contribution in [0.3, 0.4) is 0 Å². The number of carbonyl (C=O) groups excluding carboxylic acids is 1. The summed E-state index contributed by atoms with van der Waals surface area (Å²) >= 11 is 0. The summed E-state index contributed by atoms with van der Waals surface area (Å²) in [5.74, 6) is -0.0719. The highest BCUT2D eigenvalue weighted by Gasteiger charge is 2.23. The number of hydrogen-bond donors (Lipinski definition) is 2. The Balaban J connectivity index is 1.49. The molecule has 1 amide bonds. The zero-order chi connectivity index (χ0) is 18.9. The van der Waals surface area contributed by atoms with Crippen LogP contribution < -0.4 is 5.32 Å². The molecule has 134 valence electrons. The van der Waals surface area contributed by atoms with E-state index in [1.165, 1.54) is 0 Å². The van der Waals surface area contributed by atoms with Crippen molar-refractivity contribution < 1.29 is 4.79 Å². The lowest BCUT2D eigenvalue weighted by atomic mass is 10.0. The SMILES string of the molecule is O=C1Nc2ccccc2/C1=C\c1ccc2c(/C=C/c3ccccc3)n[nH]c2c1. The quantitative estimate of drug-likeness (QED) is 0.490.